The van der Waals surface area contributed by atoms with E-state index < -0.39 is 0 Å². The lowest BCUT2D eigenvalue weighted by atomic mass is 10.00. The van der Waals surface area contributed by atoms with E-state index in [1.165, 1.54) is 19.3 Å². The molecule has 0 aromatic carbocycles. The third-order valence-electron chi connectivity index (χ3n) is 3.50. The van der Waals surface area contributed by atoms with E-state index in [2.05, 4.69) is 36.1 Å². The highest BCUT2D eigenvalue weighted by molar-refractivity contribution is 9.10. The van der Waals surface area contributed by atoms with Crippen LogP contribution in [0.2, 0.25) is 0 Å². The second-order valence-corrected chi connectivity index (χ2v) is 5.62. The Hall–Kier alpha value is -0.880. The zero-order chi connectivity index (χ0) is 13.7. The molecular formula is C13H21BrN4O. The molecule has 1 aliphatic rings. The van der Waals surface area contributed by atoms with Crippen LogP contribution >= 0.6 is 15.9 Å². The van der Waals surface area contributed by atoms with E-state index in [9.17, 15) is 0 Å². The van der Waals surface area contributed by atoms with Crippen LogP contribution in [0.15, 0.2) is 10.7 Å². The lowest BCUT2D eigenvalue weighted by Crippen LogP contribution is -2.42. The number of piperidine rings is 1. The van der Waals surface area contributed by atoms with E-state index in [1.54, 1.807) is 13.3 Å². The monoisotopic (exact) mass is 328 g/mol. The van der Waals surface area contributed by atoms with Crippen molar-refractivity contribution in [3.63, 3.8) is 0 Å². The third-order valence-corrected chi connectivity index (χ3v) is 4.05. The standard InChI is InChI=1S/C13H21BrN4O/c1-15-7-6-10-5-3-4-8-18(10)13-16-9-11(14)12(17-13)19-2/h9-10,15H,3-8H2,1-2H3. The molecule has 0 aliphatic carbocycles. The Bertz CT molecular complexity index is 416. The Labute approximate surface area is 122 Å². The van der Waals surface area contributed by atoms with Crippen LogP contribution in [0.5, 0.6) is 5.88 Å². The van der Waals surface area contributed by atoms with Crippen molar-refractivity contribution in [3.05, 3.63) is 10.7 Å². The first kappa shape index (κ1) is 14.5. The highest BCUT2D eigenvalue weighted by Crippen LogP contribution is 2.28. The molecule has 0 saturated carbocycles. The van der Waals surface area contributed by atoms with Gasteiger partial charge in [-0.1, -0.05) is 0 Å². The molecule has 1 aromatic heterocycles. The molecule has 0 amide bonds. The molecule has 106 valence electrons. The molecule has 0 spiro atoms. The molecule has 1 unspecified atom stereocenters. The van der Waals surface area contributed by atoms with E-state index in [0.717, 1.165) is 29.9 Å². The minimum absolute atomic E-state index is 0.520. The average Bonchev–Trinajstić information content (AvgIpc) is 2.46. The van der Waals surface area contributed by atoms with Crippen molar-refractivity contribution in [2.24, 2.45) is 0 Å². The molecule has 1 fully saturated rings. The molecule has 1 atom stereocenters. The summed E-state index contributed by atoms with van der Waals surface area (Å²) in [6.45, 7) is 2.05. The van der Waals surface area contributed by atoms with Crippen LogP contribution in [0.1, 0.15) is 25.7 Å². The van der Waals surface area contributed by atoms with E-state index in [-0.39, 0.29) is 0 Å². The van der Waals surface area contributed by atoms with Crippen molar-refractivity contribution in [1.82, 2.24) is 15.3 Å². The Balaban J connectivity index is 2.16. The van der Waals surface area contributed by atoms with Crippen molar-refractivity contribution in [1.29, 1.82) is 0 Å². The summed E-state index contributed by atoms with van der Waals surface area (Å²) < 4.78 is 6.05. The Morgan fingerprint density at radius 1 is 1.53 bits per heavy atom. The van der Waals surface area contributed by atoms with Gasteiger partial charge in [-0.05, 0) is 55.2 Å². The van der Waals surface area contributed by atoms with E-state index >= 15 is 0 Å². The van der Waals surface area contributed by atoms with Gasteiger partial charge in [0.15, 0.2) is 0 Å². The van der Waals surface area contributed by atoms with Gasteiger partial charge in [-0.3, -0.25) is 0 Å². The number of hydrogen-bond acceptors (Lipinski definition) is 5. The summed E-state index contributed by atoms with van der Waals surface area (Å²) in [5.74, 6) is 1.38. The summed E-state index contributed by atoms with van der Waals surface area (Å²) in [7, 11) is 3.62. The van der Waals surface area contributed by atoms with Gasteiger partial charge in [0.25, 0.3) is 0 Å². The van der Waals surface area contributed by atoms with Gasteiger partial charge in [0.2, 0.25) is 11.8 Å². The highest BCUT2D eigenvalue weighted by Gasteiger charge is 2.24. The average molecular weight is 329 g/mol. The maximum Gasteiger partial charge on any atom is 0.232 e. The van der Waals surface area contributed by atoms with Crippen LogP contribution in [-0.2, 0) is 0 Å². The lowest BCUT2D eigenvalue weighted by molar-refractivity contribution is 0.388. The summed E-state index contributed by atoms with van der Waals surface area (Å²) in [5, 5.41) is 3.22. The van der Waals surface area contributed by atoms with E-state index in [1.807, 2.05) is 7.05 Å². The maximum absolute atomic E-state index is 5.26. The number of nitrogens with one attached hydrogen (secondary N) is 1. The molecule has 1 aromatic rings. The summed E-state index contributed by atoms with van der Waals surface area (Å²) >= 11 is 3.39. The molecule has 0 bridgehead atoms. The predicted octanol–water partition coefficient (Wildman–Crippen LogP) is 2.22. The first-order chi connectivity index (χ1) is 9.26. The first-order valence-electron chi connectivity index (χ1n) is 6.74. The van der Waals surface area contributed by atoms with E-state index in [4.69, 9.17) is 4.74 Å². The topological polar surface area (TPSA) is 50.3 Å². The summed E-state index contributed by atoms with van der Waals surface area (Å²) in [5.41, 5.74) is 0. The van der Waals surface area contributed by atoms with Gasteiger partial charge < -0.3 is 15.0 Å². The Kier molecular flexibility index (Phi) is 5.39. The fourth-order valence-corrected chi connectivity index (χ4v) is 2.85. The zero-order valence-corrected chi connectivity index (χ0v) is 13.1. The van der Waals surface area contributed by atoms with Gasteiger partial charge in [-0.25, -0.2) is 4.98 Å². The molecule has 19 heavy (non-hydrogen) atoms. The van der Waals surface area contributed by atoms with Crippen molar-refractivity contribution in [3.8, 4) is 5.88 Å². The molecule has 6 heteroatoms. The van der Waals surface area contributed by atoms with Crippen LogP contribution in [-0.4, -0.2) is 43.3 Å². The van der Waals surface area contributed by atoms with Crippen molar-refractivity contribution in [2.75, 3.05) is 32.1 Å². The largest absolute Gasteiger partial charge is 0.480 e. The maximum atomic E-state index is 5.26. The van der Waals surface area contributed by atoms with Crippen molar-refractivity contribution < 1.29 is 4.74 Å². The van der Waals surface area contributed by atoms with Crippen LogP contribution in [0.4, 0.5) is 5.95 Å². The number of halogens is 1. The van der Waals surface area contributed by atoms with Crippen LogP contribution < -0.4 is 15.0 Å². The van der Waals surface area contributed by atoms with Crippen LogP contribution in [0.3, 0.4) is 0 Å². The fourth-order valence-electron chi connectivity index (χ4n) is 2.50. The molecular weight excluding hydrogens is 308 g/mol. The van der Waals surface area contributed by atoms with Crippen LogP contribution in [0, 0.1) is 0 Å². The molecule has 0 radical (unpaired) electrons. The minimum Gasteiger partial charge on any atom is -0.480 e. The van der Waals surface area contributed by atoms with Gasteiger partial charge in [-0.15, -0.1) is 0 Å². The van der Waals surface area contributed by atoms with Gasteiger partial charge in [-0.2, -0.15) is 4.98 Å². The number of hydrogen-bond donors (Lipinski definition) is 1. The third kappa shape index (κ3) is 3.57. The van der Waals surface area contributed by atoms with Gasteiger partial charge in [0.1, 0.15) is 0 Å². The van der Waals surface area contributed by atoms with Crippen LogP contribution in [0.25, 0.3) is 0 Å². The Morgan fingerprint density at radius 2 is 2.37 bits per heavy atom. The summed E-state index contributed by atoms with van der Waals surface area (Å²) in [4.78, 5) is 11.2. The molecule has 1 aliphatic heterocycles. The number of methoxy groups -OCH3 is 1. The number of aromatic nitrogens is 2. The Morgan fingerprint density at radius 3 is 3.11 bits per heavy atom. The molecule has 1 saturated heterocycles. The van der Waals surface area contributed by atoms with Gasteiger partial charge in [0.05, 0.1) is 17.8 Å². The first-order valence-corrected chi connectivity index (χ1v) is 7.53. The molecule has 5 nitrogen and oxygen atoms in total. The van der Waals surface area contributed by atoms with Crippen molar-refractivity contribution >= 4 is 21.9 Å². The molecule has 1 N–H and O–H groups in total. The van der Waals surface area contributed by atoms with Gasteiger partial charge >= 0.3 is 0 Å². The normalized spacial score (nSPS) is 19.5. The highest BCUT2D eigenvalue weighted by atomic mass is 79.9. The van der Waals surface area contributed by atoms with Crippen molar-refractivity contribution in [2.45, 2.75) is 31.7 Å². The zero-order valence-electron chi connectivity index (χ0n) is 11.5. The summed E-state index contributed by atoms with van der Waals surface area (Å²) in [6.07, 6.45) is 6.60. The smallest absolute Gasteiger partial charge is 0.232 e. The summed E-state index contributed by atoms with van der Waals surface area (Å²) in [6, 6.07) is 0.520. The number of anilines is 1. The van der Waals surface area contributed by atoms with E-state index in [0.29, 0.717) is 11.9 Å². The number of ether oxygens (including phenoxy) is 1. The quantitative estimate of drug-likeness (QED) is 0.898. The molecule has 2 heterocycles. The predicted molar refractivity (Wildman–Crippen MR) is 79.8 cm³/mol. The lowest BCUT2D eigenvalue weighted by Gasteiger charge is -2.36. The second-order valence-electron chi connectivity index (χ2n) is 4.76. The number of nitrogens with zero attached hydrogens (tertiary/aromatic N) is 3. The minimum atomic E-state index is 0.520. The SMILES string of the molecule is CNCCC1CCCCN1c1ncc(Br)c(OC)n1. The van der Waals surface area contributed by atoms with Gasteiger partial charge in [0, 0.05) is 12.6 Å². The molecule has 2 rings (SSSR count). The second kappa shape index (κ2) is 7.05. The number of rotatable bonds is 5. The fraction of sp³-hybridized carbons (Fsp3) is 0.692.